The van der Waals surface area contributed by atoms with Crippen molar-refractivity contribution < 1.29 is 4.79 Å². The van der Waals surface area contributed by atoms with Crippen LogP contribution in [0.3, 0.4) is 0 Å². The van der Waals surface area contributed by atoms with E-state index in [2.05, 4.69) is 15.5 Å². The number of hydrogen-bond acceptors (Lipinski definition) is 5. The van der Waals surface area contributed by atoms with Crippen LogP contribution >= 0.6 is 0 Å². The highest BCUT2D eigenvalue weighted by Crippen LogP contribution is 2.15. The van der Waals surface area contributed by atoms with Gasteiger partial charge < -0.3 is 15.1 Å². The van der Waals surface area contributed by atoms with Crippen LogP contribution in [0.25, 0.3) is 0 Å². The molecule has 1 aromatic heterocycles. The van der Waals surface area contributed by atoms with Gasteiger partial charge in [0.15, 0.2) is 5.82 Å². The molecule has 1 amide bonds. The molecule has 98 valence electrons. The van der Waals surface area contributed by atoms with Crippen molar-refractivity contribution >= 4 is 11.7 Å². The van der Waals surface area contributed by atoms with Crippen LogP contribution in [0.4, 0.5) is 5.82 Å². The van der Waals surface area contributed by atoms with Crippen LogP contribution in [0.5, 0.6) is 0 Å². The maximum atomic E-state index is 12.1. The molecule has 1 aliphatic rings. The highest BCUT2D eigenvalue weighted by molar-refractivity contribution is 5.85. The molecule has 1 saturated heterocycles. The summed E-state index contributed by atoms with van der Waals surface area (Å²) < 4.78 is 0. The van der Waals surface area contributed by atoms with Crippen LogP contribution in [0.2, 0.25) is 0 Å². The molecule has 0 bridgehead atoms. The molecular formula is C12H19N5O. The zero-order chi connectivity index (χ0) is 13.1. The number of carbonyl (C=O) groups is 1. The molecular weight excluding hydrogens is 230 g/mol. The fraction of sp³-hybridized carbons (Fsp3) is 0.583. The maximum absolute atomic E-state index is 12.1. The van der Waals surface area contributed by atoms with Gasteiger partial charge in [0.1, 0.15) is 6.04 Å². The van der Waals surface area contributed by atoms with Crippen LogP contribution < -0.4 is 10.2 Å². The predicted octanol–water partition coefficient (Wildman–Crippen LogP) is -0.349. The zero-order valence-electron chi connectivity index (χ0n) is 11.1. The summed E-state index contributed by atoms with van der Waals surface area (Å²) in [7, 11) is 3.55. The standard InChI is InChI=1S/C12H19N5O/c1-9-4-5-11(15-14-9)17-7-6-13-8-10(17)12(18)16(2)3/h4-5,10,13H,6-8H2,1-3H3. The largest absolute Gasteiger partial charge is 0.347 e. The maximum Gasteiger partial charge on any atom is 0.246 e. The van der Waals surface area contributed by atoms with Gasteiger partial charge >= 0.3 is 0 Å². The van der Waals surface area contributed by atoms with Crippen molar-refractivity contribution in [2.75, 3.05) is 38.6 Å². The minimum Gasteiger partial charge on any atom is -0.347 e. The van der Waals surface area contributed by atoms with Crippen molar-refractivity contribution in [2.24, 2.45) is 0 Å². The van der Waals surface area contributed by atoms with E-state index in [0.29, 0.717) is 6.54 Å². The van der Waals surface area contributed by atoms with Crippen LogP contribution in [0.15, 0.2) is 12.1 Å². The first-order chi connectivity index (χ1) is 8.59. The molecule has 1 atom stereocenters. The molecule has 2 heterocycles. The summed E-state index contributed by atoms with van der Waals surface area (Å²) in [5.74, 6) is 0.854. The number of anilines is 1. The van der Waals surface area contributed by atoms with E-state index in [-0.39, 0.29) is 11.9 Å². The van der Waals surface area contributed by atoms with Crippen molar-refractivity contribution in [3.8, 4) is 0 Å². The van der Waals surface area contributed by atoms with Crippen molar-refractivity contribution in [1.29, 1.82) is 0 Å². The van der Waals surface area contributed by atoms with Crippen LogP contribution in [0, 0.1) is 6.92 Å². The molecule has 0 aliphatic carbocycles. The first-order valence-corrected chi connectivity index (χ1v) is 6.08. The summed E-state index contributed by atoms with van der Waals surface area (Å²) in [5, 5.41) is 11.5. The lowest BCUT2D eigenvalue weighted by molar-refractivity contribution is -0.130. The molecule has 1 aromatic rings. The highest BCUT2D eigenvalue weighted by atomic mass is 16.2. The molecule has 0 spiro atoms. The monoisotopic (exact) mass is 249 g/mol. The number of likely N-dealkylation sites (N-methyl/N-ethyl adjacent to an activating group) is 1. The minimum absolute atomic E-state index is 0.0876. The summed E-state index contributed by atoms with van der Waals surface area (Å²) in [4.78, 5) is 15.8. The van der Waals surface area contributed by atoms with Gasteiger partial charge in [0.25, 0.3) is 0 Å². The first-order valence-electron chi connectivity index (χ1n) is 6.08. The summed E-state index contributed by atoms with van der Waals surface area (Å²) in [6.07, 6.45) is 0. The number of aromatic nitrogens is 2. The van der Waals surface area contributed by atoms with Gasteiger partial charge in [-0.3, -0.25) is 4.79 Å². The number of rotatable bonds is 2. The number of piperazine rings is 1. The smallest absolute Gasteiger partial charge is 0.246 e. The molecule has 1 aliphatic heterocycles. The van der Waals surface area contributed by atoms with Gasteiger partial charge in [0.05, 0.1) is 5.69 Å². The van der Waals surface area contributed by atoms with Crippen molar-refractivity contribution in [1.82, 2.24) is 20.4 Å². The van der Waals surface area contributed by atoms with Crippen LogP contribution in [-0.2, 0) is 4.79 Å². The molecule has 0 aromatic carbocycles. The lowest BCUT2D eigenvalue weighted by Gasteiger charge is -2.36. The summed E-state index contributed by atoms with van der Waals surface area (Å²) in [6.45, 7) is 4.16. The van der Waals surface area contributed by atoms with Gasteiger partial charge in [-0.25, -0.2) is 0 Å². The average Bonchev–Trinajstić information content (AvgIpc) is 2.39. The van der Waals surface area contributed by atoms with Crippen molar-refractivity contribution in [2.45, 2.75) is 13.0 Å². The van der Waals surface area contributed by atoms with E-state index in [1.54, 1.807) is 19.0 Å². The second kappa shape index (κ2) is 5.30. The predicted molar refractivity (Wildman–Crippen MR) is 69.5 cm³/mol. The fourth-order valence-electron chi connectivity index (χ4n) is 2.04. The van der Waals surface area contributed by atoms with E-state index < -0.39 is 0 Å². The average molecular weight is 249 g/mol. The zero-order valence-corrected chi connectivity index (χ0v) is 11.1. The number of carbonyl (C=O) groups excluding carboxylic acids is 1. The topological polar surface area (TPSA) is 61.4 Å². The molecule has 6 nitrogen and oxygen atoms in total. The SMILES string of the molecule is Cc1ccc(N2CCNCC2C(=O)N(C)C)nn1. The molecule has 6 heteroatoms. The Morgan fingerprint density at radius 3 is 2.83 bits per heavy atom. The van der Waals surface area contributed by atoms with Gasteiger partial charge in [0.2, 0.25) is 5.91 Å². The lowest BCUT2D eigenvalue weighted by atomic mass is 10.1. The van der Waals surface area contributed by atoms with E-state index >= 15 is 0 Å². The van der Waals surface area contributed by atoms with Gasteiger partial charge in [-0.2, -0.15) is 5.10 Å². The van der Waals surface area contributed by atoms with Crippen LogP contribution in [0.1, 0.15) is 5.69 Å². The third kappa shape index (κ3) is 2.59. The Morgan fingerprint density at radius 1 is 1.44 bits per heavy atom. The molecule has 1 N–H and O–H groups in total. The summed E-state index contributed by atoms with van der Waals surface area (Å²) in [6, 6.07) is 3.64. The molecule has 18 heavy (non-hydrogen) atoms. The van der Waals surface area contributed by atoms with E-state index in [0.717, 1.165) is 24.6 Å². The van der Waals surface area contributed by atoms with E-state index in [1.807, 2.05) is 24.0 Å². The Bertz CT molecular complexity index is 417. The molecule has 0 radical (unpaired) electrons. The summed E-state index contributed by atoms with van der Waals surface area (Å²) >= 11 is 0. The molecule has 1 unspecified atom stereocenters. The Balaban J connectivity index is 2.22. The van der Waals surface area contributed by atoms with Crippen LogP contribution in [-0.4, -0.2) is 60.8 Å². The minimum atomic E-state index is -0.203. The molecule has 2 rings (SSSR count). The van der Waals surface area contributed by atoms with Gasteiger partial charge in [-0.05, 0) is 19.1 Å². The summed E-state index contributed by atoms with van der Waals surface area (Å²) in [5.41, 5.74) is 0.879. The van der Waals surface area contributed by atoms with E-state index in [9.17, 15) is 4.79 Å². The van der Waals surface area contributed by atoms with Crippen molar-refractivity contribution in [3.63, 3.8) is 0 Å². The Kier molecular flexibility index (Phi) is 3.76. The lowest BCUT2D eigenvalue weighted by Crippen LogP contribution is -2.58. The quantitative estimate of drug-likeness (QED) is 0.776. The third-order valence-electron chi connectivity index (χ3n) is 3.05. The van der Waals surface area contributed by atoms with E-state index in [4.69, 9.17) is 0 Å². The van der Waals surface area contributed by atoms with Crippen molar-refractivity contribution in [3.05, 3.63) is 17.8 Å². The second-order valence-corrected chi connectivity index (χ2v) is 4.68. The Labute approximate surface area is 107 Å². The number of nitrogens with one attached hydrogen (secondary N) is 1. The number of aryl methyl sites for hydroxylation is 1. The molecule has 1 fully saturated rings. The third-order valence-corrected chi connectivity index (χ3v) is 3.05. The number of nitrogens with zero attached hydrogens (tertiary/aromatic N) is 4. The highest BCUT2D eigenvalue weighted by Gasteiger charge is 2.30. The fourth-order valence-corrected chi connectivity index (χ4v) is 2.04. The molecule has 0 saturated carbocycles. The van der Waals surface area contributed by atoms with Gasteiger partial charge in [-0.1, -0.05) is 0 Å². The number of amides is 1. The van der Waals surface area contributed by atoms with Gasteiger partial charge in [0, 0.05) is 33.7 Å². The Morgan fingerprint density at radius 2 is 2.22 bits per heavy atom. The Hall–Kier alpha value is -1.69. The first kappa shape index (κ1) is 12.8. The number of hydrogen-bond donors (Lipinski definition) is 1. The van der Waals surface area contributed by atoms with Gasteiger partial charge in [-0.15, -0.1) is 5.10 Å². The van der Waals surface area contributed by atoms with E-state index in [1.165, 1.54) is 0 Å². The second-order valence-electron chi connectivity index (χ2n) is 4.68. The normalized spacial score (nSPS) is 19.7.